The molecule has 3 nitrogen and oxygen atoms in total. The zero-order chi connectivity index (χ0) is 11.3. The van der Waals surface area contributed by atoms with Crippen molar-refractivity contribution in [3.05, 3.63) is 11.6 Å². The first kappa shape index (κ1) is 11.8. The van der Waals surface area contributed by atoms with E-state index in [0.717, 1.165) is 31.3 Å². The lowest BCUT2D eigenvalue weighted by molar-refractivity contribution is -0.149. The Morgan fingerprint density at radius 3 is 2.87 bits per heavy atom. The average molecular weight is 207 g/mol. The Bertz CT molecular complexity index is 314. The van der Waals surface area contributed by atoms with E-state index in [1.807, 2.05) is 6.08 Å². The minimum atomic E-state index is -1.07. The fraction of sp³-hybridized carbons (Fsp3) is 0.667. The second-order valence-corrected chi connectivity index (χ2v) is 3.93. The predicted octanol–water partition coefficient (Wildman–Crippen LogP) is 2.58. The Hall–Kier alpha value is -1.30. The summed E-state index contributed by atoms with van der Waals surface area (Å²) in [6.45, 7) is 3.73. The number of ether oxygens (including phenoxy) is 1. The van der Waals surface area contributed by atoms with E-state index in [2.05, 4.69) is 6.07 Å². The van der Waals surface area contributed by atoms with E-state index in [9.17, 15) is 4.79 Å². The second-order valence-electron chi connectivity index (χ2n) is 3.93. The molecule has 0 heterocycles. The summed E-state index contributed by atoms with van der Waals surface area (Å²) in [6.07, 6.45) is 6.02. The summed E-state index contributed by atoms with van der Waals surface area (Å²) >= 11 is 0. The van der Waals surface area contributed by atoms with Crippen LogP contribution in [0.5, 0.6) is 0 Å². The Morgan fingerprint density at radius 1 is 1.67 bits per heavy atom. The van der Waals surface area contributed by atoms with E-state index >= 15 is 0 Å². The van der Waals surface area contributed by atoms with Crippen molar-refractivity contribution < 1.29 is 9.53 Å². The summed E-state index contributed by atoms with van der Waals surface area (Å²) in [5, 5.41) is 9.14. The maximum atomic E-state index is 11.7. The third-order valence-corrected chi connectivity index (χ3v) is 2.84. The first-order valence-corrected chi connectivity index (χ1v) is 5.43. The molecule has 0 radical (unpaired) electrons. The van der Waals surface area contributed by atoms with Crippen LogP contribution in [0.2, 0.25) is 0 Å². The van der Waals surface area contributed by atoms with Crippen molar-refractivity contribution in [2.24, 2.45) is 5.41 Å². The van der Waals surface area contributed by atoms with Crippen molar-refractivity contribution in [3.63, 3.8) is 0 Å². The third kappa shape index (κ3) is 2.38. The zero-order valence-corrected chi connectivity index (χ0v) is 9.38. The molecule has 0 amide bonds. The van der Waals surface area contributed by atoms with Crippen molar-refractivity contribution in [2.45, 2.75) is 39.5 Å². The van der Waals surface area contributed by atoms with Gasteiger partial charge in [0.25, 0.3) is 0 Å². The van der Waals surface area contributed by atoms with Gasteiger partial charge in [0.1, 0.15) is 0 Å². The standard InChI is InChI=1S/C12H17NO2/c1-3-15-11(14)12(2,9-13)10-7-5-4-6-8-10/h7H,3-6,8H2,1-2H3/t12-/m1/s1. The number of nitriles is 1. The Morgan fingerprint density at radius 2 is 2.40 bits per heavy atom. The molecule has 0 saturated carbocycles. The highest BCUT2D eigenvalue weighted by Gasteiger charge is 2.39. The van der Waals surface area contributed by atoms with Crippen LogP contribution >= 0.6 is 0 Å². The van der Waals surface area contributed by atoms with E-state index in [-0.39, 0.29) is 0 Å². The highest BCUT2D eigenvalue weighted by Crippen LogP contribution is 2.34. The van der Waals surface area contributed by atoms with Crippen LogP contribution in [0.15, 0.2) is 11.6 Å². The van der Waals surface area contributed by atoms with Crippen LogP contribution in [0.1, 0.15) is 39.5 Å². The maximum absolute atomic E-state index is 11.7. The molecule has 0 aromatic rings. The molecule has 0 spiro atoms. The number of nitrogens with zero attached hydrogens (tertiary/aromatic N) is 1. The molecule has 82 valence electrons. The first-order chi connectivity index (χ1) is 7.15. The number of esters is 1. The van der Waals surface area contributed by atoms with Gasteiger partial charge in [-0.3, -0.25) is 0 Å². The molecule has 0 unspecified atom stereocenters. The fourth-order valence-electron chi connectivity index (χ4n) is 1.82. The van der Waals surface area contributed by atoms with Crippen molar-refractivity contribution >= 4 is 5.97 Å². The lowest BCUT2D eigenvalue weighted by Crippen LogP contribution is -2.31. The molecule has 0 saturated heterocycles. The number of hydrogen-bond donors (Lipinski definition) is 0. The number of carbonyl (C=O) groups excluding carboxylic acids is 1. The molecule has 1 aliphatic rings. The van der Waals surface area contributed by atoms with Crippen molar-refractivity contribution in [1.29, 1.82) is 5.26 Å². The van der Waals surface area contributed by atoms with Gasteiger partial charge in [0.2, 0.25) is 0 Å². The summed E-state index contributed by atoms with van der Waals surface area (Å²) in [4.78, 5) is 11.7. The van der Waals surface area contributed by atoms with Crippen LogP contribution in [0.4, 0.5) is 0 Å². The van der Waals surface area contributed by atoms with Crippen molar-refractivity contribution in [3.8, 4) is 6.07 Å². The smallest absolute Gasteiger partial charge is 0.330 e. The van der Waals surface area contributed by atoms with E-state index in [4.69, 9.17) is 10.00 Å². The normalized spacial score (nSPS) is 19.7. The van der Waals surface area contributed by atoms with E-state index in [1.54, 1.807) is 13.8 Å². The molecule has 0 aromatic carbocycles. The van der Waals surface area contributed by atoms with Crippen LogP contribution in [0.3, 0.4) is 0 Å². The summed E-state index contributed by atoms with van der Waals surface area (Å²) in [5.41, 5.74) is -0.147. The number of allylic oxidation sites excluding steroid dienone is 1. The van der Waals surface area contributed by atoms with Crippen molar-refractivity contribution in [2.75, 3.05) is 6.61 Å². The first-order valence-electron chi connectivity index (χ1n) is 5.43. The second kappa shape index (κ2) is 4.97. The molecular formula is C12H17NO2. The Balaban J connectivity index is 2.89. The molecular weight excluding hydrogens is 190 g/mol. The van der Waals surface area contributed by atoms with E-state index < -0.39 is 11.4 Å². The fourth-order valence-corrected chi connectivity index (χ4v) is 1.82. The topological polar surface area (TPSA) is 50.1 Å². The highest BCUT2D eigenvalue weighted by atomic mass is 16.5. The predicted molar refractivity (Wildman–Crippen MR) is 56.9 cm³/mol. The van der Waals surface area contributed by atoms with E-state index in [0.29, 0.717) is 6.61 Å². The summed E-state index contributed by atoms with van der Waals surface area (Å²) in [5.74, 6) is -0.416. The molecule has 0 bridgehead atoms. The van der Waals surface area contributed by atoms with Gasteiger partial charge in [-0.05, 0) is 45.1 Å². The average Bonchev–Trinajstić information content (AvgIpc) is 2.29. The summed E-state index contributed by atoms with van der Waals surface area (Å²) in [7, 11) is 0. The largest absolute Gasteiger partial charge is 0.465 e. The number of hydrogen-bond acceptors (Lipinski definition) is 3. The SMILES string of the molecule is CCOC(=O)[C@](C)(C#N)C1=CCCCC1. The molecule has 0 N–H and O–H groups in total. The monoisotopic (exact) mass is 207 g/mol. The van der Waals surface area contributed by atoms with Crippen molar-refractivity contribution in [1.82, 2.24) is 0 Å². The van der Waals surface area contributed by atoms with Crippen LogP contribution < -0.4 is 0 Å². The summed E-state index contributed by atoms with van der Waals surface area (Å²) in [6, 6.07) is 2.09. The van der Waals surface area contributed by atoms with Gasteiger partial charge in [-0.2, -0.15) is 5.26 Å². The lowest BCUT2D eigenvalue weighted by Gasteiger charge is -2.25. The van der Waals surface area contributed by atoms with Crippen LogP contribution in [-0.4, -0.2) is 12.6 Å². The third-order valence-electron chi connectivity index (χ3n) is 2.84. The molecule has 1 atom stereocenters. The van der Waals surface area contributed by atoms with Crippen LogP contribution in [0, 0.1) is 16.7 Å². The minimum absolute atomic E-state index is 0.323. The number of carbonyl (C=O) groups is 1. The van der Waals surface area contributed by atoms with Gasteiger partial charge < -0.3 is 4.74 Å². The van der Waals surface area contributed by atoms with Gasteiger partial charge in [-0.25, -0.2) is 4.79 Å². The molecule has 0 aliphatic heterocycles. The number of rotatable bonds is 3. The zero-order valence-electron chi connectivity index (χ0n) is 9.38. The molecule has 1 aliphatic carbocycles. The van der Waals surface area contributed by atoms with Gasteiger partial charge in [0, 0.05) is 0 Å². The summed E-state index contributed by atoms with van der Waals surface area (Å²) < 4.78 is 4.95. The molecule has 3 heteroatoms. The molecule has 0 aromatic heterocycles. The molecule has 15 heavy (non-hydrogen) atoms. The highest BCUT2D eigenvalue weighted by molar-refractivity contribution is 5.83. The molecule has 1 rings (SSSR count). The quantitative estimate of drug-likeness (QED) is 0.528. The Labute approximate surface area is 90.7 Å². The van der Waals surface area contributed by atoms with Gasteiger partial charge >= 0.3 is 5.97 Å². The lowest BCUT2D eigenvalue weighted by atomic mass is 9.78. The maximum Gasteiger partial charge on any atom is 0.330 e. The van der Waals surface area contributed by atoms with E-state index in [1.165, 1.54) is 0 Å². The van der Waals surface area contributed by atoms with Gasteiger partial charge in [-0.1, -0.05) is 6.08 Å². The van der Waals surface area contributed by atoms with Gasteiger partial charge in [0.15, 0.2) is 5.41 Å². The van der Waals surface area contributed by atoms with Crippen LogP contribution in [-0.2, 0) is 9.53 Å². The van der Waals surface area contributed by atoms with Crippen LogP contribution in [0.25, 0.3) is 0 Å². The minimum Gasteiger partial charge on any atom is -0.465 e. The Kier molecular flexibility index (Phi) is 3.90. The molecule has 0 fully saturated rings. The van der Waals surface area contributed by atoms with Gasteiger partial charge in [-0.15, -0.1) is 0 Å². The van der Waals surface area contributed by atoms with Gasteiger partial charge in [0.05, 0.1) is 12.7 Å².